The highest BCUT2D eigenvalue weighted by atomic mass is 16.5. The molecule has 0 saturated carbocycles. The first kappa shape index (κ1) is 26.7. The molecule has 0 aliphatic heterocycles. The number of carbonyl (C=O) groups is 2. The number of amides is 2. The van der Waals surface area contributed by atoms with Crippen LogP contribution in [0.2, 0.25) is 0 Å². The van der Waals surface area contributed by atoms with Crippen molar-refractivity contribution < 1.29 is 23.8 Å². The fraction of sp³-hybridized carbons (Fsp3) is 0.370. The minimum atomic E-state index is -0.347. The molecule has 1 heterocycles. The van der Waals surface area contributed by atoms with Gasteiger partial charge in [-0.1, -0.05) is 26.0 Å². The second kappa shape index (κ2) is 12.7. The van der Waals surface area contributed by atoms with Crippen LogP contribution in [0, 0.1) is 5.92 Å². The van der Waals surface area contributed by atoms with Crippen LogP contribution in [0.25, 0.3) is 16.9 Å². The molecule has 192 valence electrons. The number of hydrogen-bond donors (Lipinski definition) is 1. The number of aromatic nitrogens is 2. The Morgan fingerprint density at radius 1 is 1.03 bits per heavy atom. The van der Waals surface area contributed by atoms with Gasteiger partial charge in [-0.25, -0.2) is 4.98 Å². The predicted molar refractivity (Wildman–Crippen MR) is 139 cm³/mol. The van der Waals surface area contributed by atoms with Gasteiger partial charge >= 0.3 is 0 Å². The molecule has 3 aromatic rings. The third-order valence-electron chi connectivity index (χ3n) is 5.51. The molecule has 9 nitrogen and oxygen atoms in total. The summed E-state index contributed by atoms with van der Waals surface area (Å²) < 4.78 is 17.5. The molecular formula is C27H34N4O5. The molecule has 0 bridgehead atoms. The van der Waals surface area contributed by atoms with Gasteiger partial charge in [0.2, 0.25) is 17.8 Å². The van der Waals surface area contributed by atoms with Crippen LogP contribution in [0.5, 0.6) is 11.5 Å². The largest absolute Gasteiger partial charge is 0.497 e. The Morgan fingerprint density at radius 3 is 2.39 bits per heavy atom. The second-order valence-electron chi connectivity index (χ2n) is 8.70. The fourth-order valence-electron chi connectivity index (χ4n) is 3.64. The van der Waals surface area contributed by atoms with E-state index in [1.807, 2.05) is 68.6 Å². The topological polar surface area (TPSA) is 94.9 Å². The lowest BCUT2D eigenvalue weighted by Gasteiger charge is -2.22. The summed E-state index contributed by atoms with van der Waals surface area (Å²) in [6, 6.07) is 15.0. The van der Waals surface area contributed by atoms with E-state index in [4.69, 9.17) is 19.2 Å². The minimum absolute atomic E-state index is 0.0900. The van der Waals surface area contributed by atoms with Crippen LogP contribution >= 0.6 is 0 Å². The number of rotatable bonds is 12. The van der Waals surface area contributed by atoms with E-state index in [-0.39, 0.29) is 24.3 Å². The molecule has 1 aromatic heterocycles. The summed E-state index contributed by atoms with van der Waals surface area (Å²) in [6.07, 6.45) is 2.20. The van der Waals surface area contributed by atoms with E-state index in [1.165, 1.54) is 4.90 Å². The molecular weight excluding hydrogens is 460 g/mol. The van der Waals surface area contributed by atoms with Crippen molar-refractivity contribution in [3.63, 3.8) is 0 Å². The maximum absolute atomic E-state index is 13.1. The Bertz CT molecular complexity index is 1160. The van der Waals surface area contributed by atoms with Gasteiger partial charge in [0.25, 0.3) is 0 Å². The van der Waals surface area contributed by atoms with Gasteiger partial charge < -0.3 is 19.1 Å². The molecule has 2 aromatic carbocycles. The van der Waals surface area contributed by atoms with Gasteiger partial charge in [-0.15, -0.1) is 0 Å². The van der Waals surface area contributed by atoms with Crippen LogP contribution in [0.3, 0.4) is 0 Å². The standard InChI is InChI=1S/C27H34N4O5/c1-19(2)15-26(33)30(13-14-34-3)18-25(32)29-27-28-24(20-7-6-8-23(16-20)36-5)17-31(27)21-9-11-22(35-4)12-10-21/h6-12,16-17,19H,13-15,18H2,1-5H3,(H,28,29,32). The van der Waals surface area contributed by atoms with Crippen molar-refractivity contribution in [1.29, 1.82) is 0 Å². The number of benzene rings is 2. The maximum Gasteiger partial charge on any atom is 0.246 e. The van der Waals surface area contributed by atoms with E-state index in [0.29, 0.717) is 37.0 Å². The van der Waals surface area contributed by atoms with Gasteiger partial charge in [0, 0.05) is 37.5 Å². The predicted octanol–water partition coefficient (Wildman–Crippen LogP) is 4.02. The van der Waals surface area contributed by atoms with Crippen LogP contribution in [0.4, 0.5) is 5.95 Å². The van der Waals surface area contributed by atoms with Crippen molar-refractivity contribution in [2.45, 2.75) is 20.3 Å². The quantitative estimate of drug-likeness (QED) is 0.409. The lowest BCUT2D eigenvalue weighted by Crippen LogP contribution is -2.40. The van der Waals surface area contributed by atoms with Gasteiger partial charge in [0.15, 0.2) is 0 Å². The molecule has 0 radical (unpaired) electrons. The molecule has 36 heavy (non-hydrogen) atoms. The van der Waals surface area contributed by atoms with Crippen LogP contribution in [0.15, 0.2) is 54.7 Å². The summed E-state index contributed by atoms with van der Waals surface area (Å²) in [7, 11) is 4.78. The Balaban J connectivity index is 1.90. The van der Waals surface area contributed by atoms with Gasteiger partial charge in [-0.3, -0.25) is 19.5 Å². The van der Waals surface area contributed by atoms with Gasteiger partial charge in [-0.05, 0) is 42.3 Å². The van der Waals surface area contributed by atoms with E-state index < -0.39 is 0 Å². The van der Waals surface area contributed by atoms with Gasteiger partial charge in [-0.2, -0.15) is 0 Å². The molecule has 2 amide bonds. The zero-order chi connectivity index (χ0) is 26.1. The number of nitrogens with zero attached hydrogens (tertiary/aromatic N) is 3. The number of hydrogen-bond acceptors (Lipinski definition) is 6. The van der Waals surface area contributed by atoms with Crippen molar-refractivity contribution in [2.24, 2.45) is 5.92 Å². The Hall–Kier alpha value is -3.85. The smallest absolute Gasteiger partial charge is 0.246 e. The van der Waals surface area contributed by atoms with Crippen LogP contribution in [0.1, 0.15) is 20.3 Å². The third-order valence-corrected chi connectivity index (χ3v) is 5.51. The first-order valence-electron chi connectivity index (χ1n) is 11.8. The molecule has 0 spiro atoms. The monoisotopic (exact) mass is 494 g/mol. The molecule has 0 aliphatic carbocycles. The van der Waals surface area contributed by atoms with E-state index in [2.05, 4.69) is 5.32 Å². The summed E-state index contributed by atoms with van der Waals surface area (Å²) in [5.41, 5.74) is 2.29. The van der Waals surface area contributed by atoms with E-state index in [0.717, 1.165) is 17.0 Å². The average molecular weight is 495 g/mol. The lowest BCUT2D eigenvalue weighted by molar-refractivity contribution is -0.136. The second-order valence-corrected chi connectivity index (χ2v) is 8.70. The highest BCUT2D eigenvalue weighted by Crippen LogP contribution is 2.27. The number of imidazole rings is 1. The highest BCUT2D eigenvalue weighted by molar-refractivity contribution is 5.94. The van der Waals surface area contributed by atoms with Gasteiger partial charge in [0.05, 0.1) is 26.5 Å². The number of nitrogens with one attached hydrogen (secondary N) is 1. The van der Waals surface area contributed by atoms with Crippen molar-refractivity contribution in [3.8, 4) is 28.4 Å². The first-order chi connectivity index (χ1) is 17.3. The normalized spacial score (nSPS) is 10.8. The number of ether oxygens (including phenoxy) is 3. The summed E-state index contributed by atoms with van der Waals surface area (Å²) >= 11 is 0. The van der Waals surface area contributed by atoms with E-state index >= 15 is 0 Å². The summed E-state index contributed by atoms with van der Waals surface area (Å²) in [4.78, 5) is 32.0. The van der Waals surface area contributed by atoms with Gasteiger partial charge in [0.1, 0.15) is 18.0 Å². The SMILES string of the molecule is COCCN(CC(=O)Nc1nc(-c2cccc(OC)c2)cn1-c1ccc(OC)cc1)C(=O)CC(C)C. The minimum Gasteiger partial charge on any atom is -0.497 e. The van der Waals surface area contributed by atoms with Crippen molar-refractivity contribution in [2.75, 3.05) is 46.3 Å². The van der Waals surface area contributed by atoms with Crippen LogP contribution in [-0.4, -0.2) is 67.3 Å². The zero-order valence-electron chi connectivity index (χ0n) is 21.5. The Morgan fingerprint density at radius 2 is 1.75 bits per heavy atom. The number of carbonyl (C=O) groups excluding carboxylic acids is 2. The molecule has 0 atom stereocenters. The zero-order valence-corrected chi connectivity index (χ0v) is 21.5. The Labute approximate surface area is 212 Å². The van der Waals surface area contributed by atoms with E-state index in [9.17, 15) is 9.59 Å². The maximum atomic E-state index is 13.1. The molecule has 3 rings (SSSR count). The first-order valence-corrected chi connectivity index (χ1v) is 11.8. The number of methoxy groups -OCH3 is 3. The lowest BCUT2D eigenvalue weighted by atomic mass is 10.1. The average Bonchev–Trinajstić information content (AvgIpc) is 3.29. The summed E-state index contributed by atoms with van der Waals surface area (Å²) in [6.45, 7) is 4.52. The summed E-state index contributed by atoms with van der Waals surface area (Å²) in [5, 5.41) is 2.89. The van der Waals surface area contributed by atoms with Crippen molar-refractivity contribution >= 4 is 17.8 Å². The Kier molecular flexibility index (Phi) is 9.46. The summed E-state index contributed by atoms with van der Waals surface area (Å²) in [5.74, 6) is 1.51. The molecule has 1 N–H and O–H groups in total. The van der Waals surface area contributed by atoms with Crippen molar-refractivity contribution in [3.05, 3.63) is 54.7 Å². The van der Waals surface area contributed by atoms with Crippen LogP contribution < -0.4 is 14.8 Å². The molecule has 0 fully saturated rings. The molecule has 0 saturated heterocycles. The fourth-order valence-corrected chi connectivity index (χ4v) is 3.64. The third kappa shape index (κ3) is 7.08. The molecule has 9 heteroatoms. The van der Waals surface area contributed by atoms with E-state index in [1.54, 1.807) is 25.9 Å². The number of anilines is 1. The van der Waals surface area contributed by atoms with Crippen molar-refractivity contribution in [1.82, 2.24) is 14.5 Å². The molecule has 0 aliphatic rings. The highest BCUT2D eigenvalue weighted by Gasteiger charge is 2.20. The van der Waals surface area contributed by atoms with Crippen LogP contribution in [-0.2, 0) is 14.3 Å². The molecule has 0 unspecified atom stereocenters.